The molecular weight excluding hydrogens is 444 g/mol. The summed E-state index contributed by atoms with van der Waals surface area (Å²) in [6, 6.07) is 19.9. The van der Waals surface area contributed by atoms with Gasteiger partial charge in [-0.3, -0.25) is 29.0 Å². The number of anilines is 2. The van der Waals surface area contributed by atoms with E-state index in [-0.39, 0.29) is 11.1 Å². The molecule has 8 nitrogen and oxygen atoms in total. The van der Waals surface area contributed by atoms with Crippen molar-refractivity contribution in [2.24, 2.45) is 0 Å². The van der Waals surface area contributed by atoms with E-state index in [0.29, 0.717) is 21.2 Å². The quantitative estimate of drug-likeness (QED) is 0.438. The lowest BCUT2D eigenvalue weighted by Gasteiger charge is -2.30. The molecule has 0 unspecified atom stereocenters. The summed E-state index contributed by atoms with van der Waals surface area (Å²) >= 11 is 0. The summed E-state index contributed by atoms with van der Waals surface area (Å²) in [7, 11) is -1.45. The minimum atomic E-state index is -1.45. The van der Waals surface area contributed by atoms with Crippen molar-refractivity contribution in [1.82, 2.24) is 4.90 Å². The number of hydrogen-bond acceptors (Lipinski definition) is 6. The third-order valence-corrected chi connectivity index (χ3v) is 6.87. The SMILES string of the molecule is O=C(CN1C(=O)c2ccccc2C1=O)OCC(=O)N1c2ccccc2S(=O)c2ccccc21. The lowest BCUT2D eigenvalue weighted by Crippen LogP contribution is -2.38. The second kappa shape index (κ2) is 8.10. The predicted molar refractivity (Wildman–Crippen MR) is 117 cm³/mol. The molecular formula is C24H16N2O6S. The number of para-hydroxylation sites is 2. The van der Waals surface area contributed by atoms with Crippen molar-refractivity contribution in [3.8, 4) is 0 Å². The van der Waals surface area contributed by atoms with Crippen molar-refractivity contribution in [3.63, 3.8) is 0 Å². The van der Waals surface area contributed by atoms with Gasteiger partial charge in [-0.2, -0.15) is 0 Å². The summed E-state index contributed by atoms with van der Waals surface area (Å²) in [4.78, 5) is 53.4. The van der Waals surface area contributed by atoms with Gasteiger partial charge in [-0.1, -0.05) is 36.4 Å². The first kappa shape index (κ1) is 20.8. The van der Waals surface area contributed by atoms with E-state index in [9.17, 15) is 23.4 Å². The van der Waals surface area contributed by atoms with E-state index < -0.39 is 47.6 Å². The number of amides is 3. The van der Waals surface area contributed by atoms with Gasteiger partial charge in [0.05, 0.1) is 43.1 Å². The Bertz CT molecular complexity index is 1280. The number of imide groups is 1. The van der Waals surface area contributed by atoms with Gasteiger partial charge >= 0.3 is 5.97 Å². The van der Waals surface area contributed by atoms with E-state index in [1.54, 1.807) is 60.7 Å². The van der Waals surface area contributed by atoms with E-state index in [4.69, 9.17) is 4.74 Å². The Morgan fingerprint density at radius 1 is 0.758 bits per heavy atom. The number of benzene rings is 3. The van der Waals surface area contributed by atoms with Crippen molar-refractivity contribution in [3.05, 3.63) is 83.9 Å². The second-order valence-corrected chi connectivity index (χ2v) is 8.75. The Kier molecular flexibility index (Phi) is 5.10. The number of rotatable bonds is 4. The largest absolute Gasteiger partial charge is 0.454 e. The molecule has 0 aromatic heterocycles. The molecule has 0 bridgehead atoms. The van der Waals surface area contributed by atoms with Gasteiger partial charge in [-0.25, -0.2) is 4.21 Å². The highest BCUT2D eigenvalue weighted by atomic mass is 32.2. The van der Waals surface area contributed by atoms with Crippen LogP contribution in [0.2, 0.25) is 0 Å². The van der Waals surface area contributed by atoms with Crippen LogP contribution in [0.5, 0.6) is 0 Å². The van der Waals surface area contributed by atoms with Gasteiger partial charge in [0, 0.05) is 0 Å². The van der Waals surface area contributed by atoms with Gasteiger partial charge in [-0.05, 0) is 36.4 Å². The monoisotopic (exact) mass is 460 g/mol. The van der Waals surface area contributed by atoms with Crippen LogP contribution >= 0.6 is 0 Å². The number of carbonyl (C=O) groups excluding carboxylic acids is 4. The highest BCUT2D eigenvalue weighted by molar-refractivity contribution is 7.85. The van der Waals surface area contributed by atoms with Crippen LogP contribution in [0.3, 0.4) is 0 Å². The number of nitrogens with zero attached hydrogens (tertiary/aromatic N) is 2. The highest BCUT2D eigenvalue weighted by Crippen LogP contribution is 2.41. The van der Waals surface area contributed by atoms with Gasteiger partial charge in [0.1, 0.15) is 6.54 Å². The minimum Gasteiger partial charge on any atom is -0.454 e. The Labute approximate surface area is 190 Å². The number of esters is 1. The Morgan fingerprint density at radius 3 is 1.79 bits per heavy atom. The number of fused-ring (bicyclic) bond motifs is 3. The molecule has 3 aromatic carbocycles. The van der Waals surface area contributed by atoms with Crippen LogP contribution < -0.4 is 4.90 Å². The third-order valence-electron chi connectivity index (χ3n) is 5.38. The molecule has 0 spiro atoms. The zero-order chi connectivity index (χ0) is 23.1. The standard InChI is InChI=1S/C24H16N2O6S/c27-21(14-32-22(28)13-25-23(29)15-7-1-2-8-16(15)24(25)30)26-17-9-3-5-11-19(17)33(31)20-12-6-4-10-18(20)26/h1-12H,13-14H2. The molecule has 3 aromatic rings. The fraction of sp³-hybridized carbons (Fsp3) is 0.0833. The second-order valence-electron chi connectivity index (χ2n) is 7.34. The number of hydrogen-bond donors (Lipinski definition) is 0. The highest BCUT2D eigenvalue weighted by Gasteiger charge is 2.37. The van der Waals surface area contributed by atoms with Crippen LogP contribution in [-0.2, 0) is 25.1 Å². The minimum absolute atomic E-state index is 0.223. The summed E-state index contributed by atoms with van der Waals surface area (Å²) in [5, 5.41) is 0. The lowest BCUT2D eigenvalue weighted by atomic mass is 10.1. The van der Waals surface area contributed by atoms with Crippen LogP contribution in [0.1, 0.15) is 20.7 Å². The molecule has 0 aliphatic carbocycles. The summed E-state index contributed by atoms with van der Waals surface area (Å²) in [6.45, 7) is -1.21. The van der Waals surface area contributed by atoms with Crippen LogP contribution in [0.25, 0.3) is 0 Å². The van der Waals surface area contributed by atoms with Crippen LogP contribution in [0.4, 0.5) is 11.4 Å². The molecule has 0 saturated heterocycles. The summed E-state index contributed by atoms with van der Waals surface area (Å²) in [5.41, 5.74) is 1.33. The van der Waals surface area contributed by atoms with Gasteiger partial charge in [-0.15, -0.1) is 0 Å². The molecule has 164 valence electrons. The van der Waals surface area contributed by atoms with Crippen molar-refractivity contribution < 1.29 is 28.1 Å². The van der Waals surface area contributed by atoms with Gasteiger partial charge in [0.25, 0.3) is 17.7 Å². The lowest BCUT2D eigenvalue weighted by molar-refractivity contribution is -0.147. The van der Waals surface area contributed by atoms with Crippen molar-refractivity contribution in [2.75, 3.05) is 18.1 Å². The zero-order valence-electron chi connectivity index (χ0n) is 17.1. The molecule has 2 aliphatic heterocycles. The van der Waals surface area contributed by atoms with Crippen LogP contribution in [0.15, 0.2) is 82.6 Å². The van der Waals surface area contributed by atoms with Crippen molar-refractivity contribution in [1.29, 1.82) is 0 Å². The molecule has 33 heavy (non-hydrogen) atoms. The first-order chi connectivity index (χ1) is 16.0. The molecule has 3 amide bonds. The fourth-order valence-corrected chi connectivity index (χ4v) is 5.22. The average molecular weight is 460 g/mol. The van der Waals surface area contributed by atoms with E-state index in [1.807, 2.05) is 0 Å². The maximum Gasteiger partial charge on any atom is 0.326 e. The summed E-state index contributed by atoms with van der Waals surface area (Å²) in [5.74, 6) is -2.61. The van der Waals surface area contributed by atoms with E-state index in [2.05, 4.69) is 0 Å². The van der Waals surface area contributed by atoms with Crippen molar-refractivity contribution >= 4 is 45.9 Å². The van der Waals surface area contributed by atoms with E-state index in [0.717, 1.165) is 4.90 Å². The van der Waals surface area contributed by atoms with E-state index in [1.165, 1.54) is 17.0 Å². The molecule has 2 aliphatic rings. The topological polar surface area (TPSA) is 101 Å². The molecule has 0 radical (unpaired) electrons. The first-order valence-corrected chi connectivity index (χ1v) is 11.2. The molecule has 0 atom stereocenters. The third kappa shape index (κ3) is 3.42. The molecule has 0 fully saturated rings. The Hall–Kier alpha value is -4.11. The first-order valence-electron chi connectivity index (χ1n) is 10.0. The predicted octanol–water partition coefficient (Wildman–Crippen LogP) is 2.67. The van der Waals surface area contributed by atoms with Crippen LogP contribution in [0, 0.1) is 0 Å². The Morgan fingerprint density at radius 2 is 1.24 bits per heavy atom. The maximum atomic E-state index is 13.1. The normalized spacial score (nSPS) is 14.5. The Balaban J connectivity index is 1.32. The molecule has 5 rings (SSSR count). The zero-order valence-corrected chi connectivity index (χ0v) is 17.9. The average Bonchev–Trinajstić information content (AvgIpc) is 3.08. The van der Waals surface area contributed by atoms with Crippen molar-refractivity contribution in [2.45, 2.75) is 9.79 Å². The van der Waals surface area contributed by atoms with Gasteiger partial charge in [0.2, 0.25) is 0 Å². The molecule has 2 heterocycles. The van der Waals surface area contributed by atoms with Crippen LogP contribution in [-0.4, -0.2) is 46.0 Å². The molecule has 0 N–H and O–H groups in total. The fourth-order valence-electron chi connectivity index (χ4n) is 3.88. The van der Waals surface area contributed by atoms with Gasteiger partial charge in [0.15, 0.2) is 6.61 Å². The number of carbonyl (C=O) groups is 4. The van der Waals surface area contributed by atoms with Gasteiger partial charge < -0.3 is 4.74 Å². The maximum absolute atomic E-state index is 13.1. The number of ether oxygens (including phenoxy) is 1. The summed E-state index contributed by atoms with van der Waals surface area (Å²) in [6.07, 6.45) is 0. The smallest absolute Gasteiger partial charge is 0.326 e. The van der Waals surface area contributed by atoms with E-state index >= 15 is 0 Å². The molecule has 0 saturated carbocycles. The molecule has 9 heteroatoms. The summed E-state index contributed by atoms with van der Waals surface area (Å²) < 4.78 is 18.0.